The predicted octanol–water partition coefficient (Wildman–Crippen LogP) is 2.42. The van der Waals surface area contributed by atoms with Crippen molar-refractivity contribution in [2.45, 2.75) is 51.0 Å². The fourth-order valence-corrected chi connectivity index (χ4v) is 5.73. The Morgan fingerprint density at radius 3 is 2.32 bits per heavy atom. The van der Waals surface area contributed by atoms with Gasteiger partial charge in [0, 0.05) is 7.05 Å². The van der Waals surface area contributed by atoms with Gasteiger partial charge in [0.1, 0.15) is 12.2 Å². The van der Waals surface area contributed by atoms with Gasteiger partial charge in [-0.15, -0.1) is 10.2 Å². The number of aryl methyl sites for hydroxylation is 1. The Hall–Kier alpha value is -0.900. The fourth-order valence-electron chi connectivity index (χ4n) is 5.73. The van der Waals surface area contributed by atoms with Crippen molar-refractivity contribution in [1.82, 2.24) is 14.8 Å². The molecule has 0 aromatic carbocycles. The third kappa shape index (κ3) is 1.92. The van der Waals surface area contributed by atoms with Gasteiger partial charge in [0.15, 0.2) is 0 Å². The minimum Gasteiger partial charge on any atom is -0.321 e. The second kappa shape index (κ2) is 4.05. The highest BCUT2D eigenvalue weighted by atomic mass is 15.3. The summed E-state index contributed by atoms with van der Waals surface area (Å²) in [6, 6.07) is 0.0590. The van der Waals surface area contributed by atoms with E-state index in [9.17, 15) is 0 Å². The van der Waals surface area contributed by atoms with Gasteiger partial charge in [-0.1, -0.05) is 0 Å². The summed E-state index contributed by atoms with van der Waals surface area (Å²) in [5.41, 5.74) is 6.97. The van der Waals surface area contributed by atoms with E-state index < -0.39 is 0 Å². The largest absolute Gasteiger partial charge is 0.321 e. The van der Waals surface area contributed by atoms with E-state index in [2.05, 4.69) is 10.2 Å². The van der Waals surface area contributed by atoms with E-state index in [1.54, 1.807) is 6.33 Å². The Bertz CT molecular complexity index is 443. The molecule has 0 spiro atoms. The first-order valence-corrected chi connectivity index (χ1v) is 7.73. The topological polar surface area (TPSA) is 56.7 Å². The Morgan fingerprint density at radius 2 is 1.84 bits per heavy atom. The molecule has 0 radical (unpaired) electrons. The van der Waals surface area contributed by atoms with Crippen LogP contribution in [0.3, 0.4) is 0 Å². The number of rotatable bonds is 3. The van der Waals surface area contributed by atoms with E-state index in [4.69, 9.17) is 5.73 Å². The van der Waals surface area contributed by atoms with Crippen molar-refractivity contribution >= 4 is 0 Å². The van der Waals surface area contributed by atoms with Crippen molar-refractivity contribution in [1.29, 1.82) is 0 Å². The summed E-state index contributed by atoms with van der Waals surface area (Å²) in [5, 5.41) is 8.17. The maximum atomic E-state index is 6.44. The molecule has 4 nitrogen and oxygen atoms in total. The van der Waals surface area contributed by atoms with Gasteiger partial charge in [0.25, 0.3) is 0 Å². The number of nitrogens with two attached hydrogens (primary N) is 1. The van der Waals surface area contributed by atoms with E-state index in [0.29, 0.717) is 5.41 Å². The molecule has 4 aliphatic carbocycles. The smallest absolute Gasteiger partial charge is 0.149 e. The molecule has 1 aromatic heterocycles. The molecule has 0 amide bonds. The molecule has 1 aromatic rings. The monoisotopic (exact) mass is 260 g/mol. The molecule has 0 saturated heterocycles. The molecule has 4 heteroatoms. The van der Waals surface area contributed by atoms with Gasteiger partial charge >= 0.3 is 0 Å². The van der Waals surface area contributed by atoms with Crippen molar-refractivity contribution in [3.63, 3.8) is 0 Å². The standard InChI is InChI=1S/C15H24N4/c1-19-9-17-18-14(19)13(16)8-15-5-10-2-11(6-15)4-12(3-10)7-15/h9-13H,2-8,16H2,1H3. The lowest BCUT2D eigenvalue weighted by molar-refractivity contribution is -0.0609. The van der Waals surface area contributed by atoms with Gasteiger partial charge in [0.2, 0.25) is 0 Å². The van der Waals surface area contributed by atoms with Gasteiger partial charge in [-0.25, -0.2) is 0 Å². The lowest BCUT2D eigenvalue weighted by Gasteiger charge is -2.57. The molecule has 19 heavy (non-hydrogen) atoms. The highest BCUT2D eigenvalue weighted by Crippen LogP contribution is 2.62. The van der Waals surface area contributed by atoms with Crippen LogP contribution in [0, 0.1) is 23.2 Å². The first-order chi connectivity index (χ1) is 9.13. The quantitative estimate of drug-likeness (QED) is 0.908. The molecule has 0 aliphatic heterocycles. The average Bonchev–Trinajstić information content (AvgIpc) is 2.72. The van der Waals surface area contributed by atoms with E-state index >= 15 is 0 Å². The summed E-state index contributed by atoms with van der Waals surface area (Å²) in [4.78, 5) is 0. The highest BCUT2D eigenvalue weighted by Gasteiger charge is 2.51. The Balaban J connectivity index is 1.55. The van der Waals surface area contributed by atoms with Crippen LogP contribution in [0.25, 0.3) is 0 Å². The molecule has 4 saturated carbocycles. The van der Waals surface area contributed by atoms with Gasteiger partial charge < -0.3 is 10.3 Å². The zero-order valence-electron chi connectivity index (χ0n) is 11.8. The van der Waals surface area contributed by atoms with Gasteiger partial charge in [-0.2, -0.15) is 0 Å². The Kier molecular flexibility index (Phi) is 2.53. The first-order valence-electron chi connectivity index (χ1n) is 7.73. The summed E-state index contributed by atoms with van der Waals surface area (Å²) in [7, 11) is 1.99. The van der Waals surface area contributed by atoms with Gasteiger partial charge in [0.05, 0.1) is 6.04 Å². The Labute approximate surface area is 114 Å². The summed E-state index contributed by atoms with van der Waals surface area (Å²) in [5.74, 6) is 3.95. The van der Waals surface area contributed by atoms with E-state index in [-0.39, 0.29) is 6.04 Å². The predicted molar refractivity (Wildman–Crippen MR) is 73.2 cm³/mol. The minimum atomic E-state index is 0.0590. The molecule has 4 fully saturated rings. The molecular formula is C15H24N4. The second-order valence-electron chi connectivity index (χ2n) is 7.53. The lowest BCUT2D eigenvalue weighted by atomic mass is 9.48. The van der Waals surface area contributed by atoms with Crippen molar-refractivity contribution in [2.75, 3.05) is 0 Å². The van der Waals surface area contributed by atoms with Crippen LogP contribution >= 0.6 is 0 Å². The highest BCUT2D eigenvalue weighted by molar-refractivity contribution is 5.05. The van der Waals surface area contributed by atoms with Crippen LogP contribution < -0.4 is 5.73 Å². The SMILES string of the molecule is Cn1cnnc1C(N)CC12CC3CC(CC(C3)C1)C2. The molecule has 4 aliphatic rings. The molecule has 1 heterocycles. The van der Waals surface area contributed by atoms with E-state index in [1.807, 2.05) is 11.6 Å². The number of aromatic nitrogens is 3. The maximum absolute atomic E-state index is 6.44. The average molecular weight is 260 g/mol. The first kappa shape index (κ1) is 11.9. The number of hydrogen-bond acceptors (Lipinski definition) is 3. The lowest BCUT2D eigenvalue weighted by Crippen LogP contribution is -2.47. The van der Waals surface area contributed by atoms with Crippen LogP contribution in [-0.2, 0) is 7.05 Å². The van der Waals surface area contributed by atoms with Crippen LogP contribution in [0.4, 0.5) is 0 Å². The minimum absolute atomic E-state index is 0.0590. The van der Waals surface area contributed by atoms with Crippen molar-refractivity contribution in [3.05, 3.63) is 12.2 Å². The van der Waals surface area contributed by atoms with Crippen LogP contribution in [0.5, 0.6) is 0 Å². The van der Waals surface area contributed by atoms with Crippen molar-refractivity contribution < 1.29 is 0 Å². The van der Waals surface area contributed by atoms with Gasteiger partial charge in [-0.3, -0.25) is 0 Å². The third-order valence-corrected chi connectivity index (χ3v) is 5.90. The van der Waals surface area contributed by atoms with E-state index in [0.717, 1.165) is 30.0 Å². The van der Waals surface area contributed by atoms with Crippen LogP contribution in [0.2, 0.25) is 0 Å². The van der Waals surface area contributed by atoms with Gasteiger partial charge in [-0.05, 0) is 68.1 Å². The van der Waals surface area contributed by atoms with Crippen molar-refractivity contribution in [3.8, 4) is 0 Å². The van der Waals surface area contributed by atoms with Crippen LogP contribution in [0.15, 0.2) is 6.33 Å². The maximum Gasteiger partial charge on any atom is 0.149 e. The fraction of sp³-hybridized carbons (Fsp3) is 0.867. The summed E-state index contributed by atoms with van der Waals surface area (Å²) in [6.07, 6.45) is 11.6. The van der Waals surface area contributed by atoms with E-state index in [1.165, 1.54) is 38.5 Å². The molecule has 5 rings (SSSR count). The molecular weight excluding hydrogens is 236 g/mol. The Morgan fingerprint density at radius 1 is 1.26 bits per heavy atom. The number of nitrogens with zero attached hydrogens (tertiary/aromatic N) is 3. The zero-order chi connectivity index (χ0) is 13.0. The number of hydrogen-bond donors (Lipinski definition) is 1. The van der Waals surface area contributed by atoms with Crippen LogP contribution in [0.1, 0.15) is 56.8 Å². The van der Waals surface area contributed by atoms with Crippen LogP contribution in [-0.4, -0.2) is 14.8 Å². The molecule has 4 bridgehead atoms. The second-order valence-corrected chi connectivity index (χ2v) is 7.53. The summed E-state index contributed by atoms with van der Waals surface area (Å²) >= 11 is 0. The molecule has 1 atom stereocenters. The normalized spacial score (nSPS) is 41.7. The molecule has 1 unspecified atom stereocenters. The summed E-state index contributed by atoms with van der Waals surface area (Å²) < 4.78 is 1.98. The molecule has 2 N–H and O–H groups in total. The summed E-state index contributed by atoms with van der Waals surface area (Å²) in [6.45, 7) is 0. The molecule has 104 valence electrons. The van der Waals surface area contributed by atoms with Crippen molar-refractivity contribution in [2.24, 2.45) is 36.0 Å². The zero-order valence-corrected chi connectivity index (χ0v) is 11.8. The third-order valence-electron chi connectivity index (χ3n) is 5.90.